The molecule has 1 atom stereocenters. The van der Waals surface area contributed by atoms with Crippen LogP contribution in [0.3, 0.4) is 0 Å². The first-order valence-electron chi connectivity index (χ1n) is 6.99. The van der Waals surface area contributed by atoms with Crippen molar-refractivity contribution in [1.82, 2.24) is 4.90 Å². The topological polar surface area (TPSA) is 63.7 Å². The van der Waals surface area contributed by atoms with Crippen LogP contribution < -0.4 is 0 Å². The average Bonchev–Trinajstić information content (AvgIpc) is 2.42. The van der Waals surface area contributed by atoms with E-state index in [0.717, 1.165) is 0 Å². The Balaban J connectivity index is 2.55. The highest BCUT2D eigenvalue weighted by atomic mass is 32.2. The van der Waals surface area contributed by atoms with Gasteiger partial charge in [0.25, 0.3) is 0 Å². The number of benzene rings is 1. The third kappa shape index (κ3) is 2.82. The van der Waals surface area contributed by atoms with Crippen molar-refractivity contribution < 1.29 is 17.9 Å². The van der Waals surface area contributed by atoms with Gasteiger partial charge in [-0.05, 0) is 39.1 Å². The molecule has 21 heavy (non-hydrogen) atoms. The summed E-state index contributed by atoms with van der Waals surface area (Å²) in [5.41, 5.74) is 0.0584. The lowest BCUT2D eigenvalue weighted by atomic mass is 9.82. The van der Waals surface area contributed by atoms with Crippen molar-refractivity contribution in [2.45, 2.75) is 30.2 Å². The van der Waals surface area contributed by atoms with Crippen molar-refractivity contribution in [2.75, 3.05) is 26.5 Å². The normalized spacial score (nSPS) is 23.6. The molecular formula is C15H21NO4S. The highest BCUT2D eigenvalue weighted by Gasteiger charge is 2.45. The fraction of sp³-hybridized carbons (Fsp3) is 0.533. The van der Waals surface area contributed by atoms with Gasteiger partial charge in [-0.15, -0.1) is 0 Å². The summed E-state index contributed by atoms with van der Waals surface area (Å²) in [7, 11) is 0.465. The van der Waals surface area contributed by atoms with Crippen LogP contribution in [0.5, 0.6) is 0 Å². The standard InChI is InChI=1S/C15H21NO4S/c1-4-20-14(17)11-15(16(2)3)9-10-21(18,19)13-8-6-5-7-12(13)15/h5-8H,4,9-11H2,1-3H3. The number of carbonyl (C=O) groups is 1. The van der Waals surface area contributed by atoms with Gasteiger partial charge in [-0.25, -0.2) is 8.42 Å². The van der Waals surface area contributed by atoms with Crippen molar-refractivity contribution in [3.63, 3.8) is 0 Å². The summed E-state index contributed by atoms with van der Waals surface area (Å²) < 4.78 is 29.6. The number of carbonyl (C=O) groups excluding carboxylic acids is 1. The van der Waals surface area contributed by atoms with E-state index in [4.69, 9.17) is 4.74 Å². The molecule has 0 spiro atoms. The number of hydrogen-bond donors (Lipinski definition) is 0. The molecule has 0 bridgehead atoms. The van der Waals surface area contributed by atoms with Crippen LogP contribution in [0.4, 0.5) is 0 Å². The van der Waals surface area contributed by atoms with Crippen LogP contribution in [0.2, 0.25) is 0 Å². The first-order valence-corrected chi connectivity index (χ1v) is 8.64. The van der Waals surface area contributed by atoms with Crippen LogP contribution in [-0.4, -0.2) is 45.7 Å². The second-order valence-corrected chi connectivity index (χ2v) is 7.55. The number of rotatable bonds is 4. The summed E-state index contributed by atoms with van der Waals surface area (Å²) in [6, 6.07) is 6.94. The van der Waals surface area contributed by atoms with Gasteiger partial charge in [-0.3, -0.25) is 9.69 Å². The fourth-order valence-corrected chi connectivity index (χ4v) is 4.63. The van der Waals surface area contributed by atoms with Gasteiger partial charge in [0.15, 0.2) is 9.84 Å². The zero-order chi connectivity index (χ0) is 15.7. The van der Waals surface area contributed by atoms with E-state index >= 15 is 0 Å². The van der Waals surface area contributed by atoms with Crippen molar-refractivity contribution in [2.24, 2.45) is 0 Å². The zero-order valence-electron chi connectivity index (χ0n) is 12.6. The maximum absolute atomic E-state index is 12.3. The summed E-state index contributed by atoms with van der Waals surface area (Å²) in [5.74, 6) is -0.262. The van der Waals surface area contributed by atoms with Crippen molar-refractivity contribution in [1.29, 1.82) is 0 Å². The predicted octanol–water partition coefficient (Wildman–Crippen LogP) is 1.57. The SMILES string of the molecule is CCOC(=O)CC1(N(C)C)CCS(=O)(=O)c2ccccc21. The third-order valence-corrected chi connectivity index (χ3v) is 5.87. The number of sulfone groups is 1. The summed E-state index contributed by atoms with van der Waals surface area (Å²) >= 11 is 0. The number of nitrogens with zero attached hydrogens (tertiary/aromatic N) is 1. The molecule has 0 aromatic heterocycles. The predicted molar refractivity (Wildman–Crippen MR) is 79.7 cm³/mol. The monoisotopic (exact) mass is 311 g/mol. The Hall–Kier alpha value is -1.40. The van der Waals surface area contributed by atoms with Crippen molar-refractivity contribution >= 4 is 15.8 Å². The van der Waals surface area contributed by atoms with E-state index in [1.165, 1.54) is 0 Å². The molecule has 1 aromatic carbocycles. The molecule has 6 heteroatoms. The van der Waals surface area contributed by atoms with E-state index in [9.17, 15) is 13.2 Å². The molecule has 1 aromatic rings. The summed E-state index contributed by atoms with van der Waals surface area (Å²) in [6.45, 7) is 2.09. The Labute approximate surface area is 125 Å². The molecule has 0 radical (unpaired) electrons. The number of ether oxygens (including phenoxy) is 1. The molecule has 1 unspecified atom stereocenters. The molecule has 5 nitrogen and oxygen atoms in total. The minimum Gasteiger partial charge on any atom is -0.466 e. The minimum atomic E-state index is -3.27. The molecular weight excluding hydrogens is 290 g/mol. The maximum Gasteiger partial charge on any atom is 0.308 e. The summed E-state index contributed by atoms with van der Waals surface area (Å²) in [6.07, 6.45) is 0.540. The molecule has 1 heterocycles. The average molecular weight is 311 g/mol. The number of hydrogen-bond acceptors (Lipinski definition) is 5. The molecule has 0 N–H and O–H groups in total. The van der Waals surface area contributed by atoms with Crippen molar-refractivity contribution in [3.8, 4) is 0 Å². The van der Waals surface area contributed by atoms with Gasteiger partial charge in [0.05, 0.1) is 29.2 Å². The molecule has 0 amide bonds. The smallest absolute Gasteiger partial charge is 0.308 e. The molecule has 1 aliphatic rings. The Morgan fingerprint density at radius 1 is 1.33 bits per heavy atom. The van der Waals surface area contributed by atoms with Gasteiger partial charge in [0.2, 0.25) is 0 Å². The highest BCUT2D eigenvalue weighted by Crippen LogP contribution is 2.42. The van der Waals surface area contributed by atoms with E-state index in [-0.39, 0.29) is 18.1 Å². The van der Waals surface area contributed by atoms with E-state index in [1.807, 2.05) is 25.1 Å². The van der Waals surface area contributed by atoms with Crippen LogP contribution in [0.25, 0.3) is 0 Å². The first kappa shape index (κ1) is 16.0. The zero-order valence-corrected chi connectivity index (χ0v) is 13.4. The molecule has 0 saturated carbocycles. The lowest BCUT2D eigenvalue weighted by molar-refractivity contribution is -0.146. The maximum atomic E-state index is 12.3. The molecule has 0 aliphatic carbocycles. The second kappa shape index (κ2) is 5.77. The highest BCUT2D eigenvalue weighted by molar-refractivity contribution is 7.91. The molecule has 0 fully saturated rings. The summed E-state index contributed by atoms with van der Waals surface area (Å²) in [4.78, 5) is 14.2. The Kier molecular flexibility index (Phi) is 4.39. The quantitative estimate of drug-likeness (QED) is 0.790. The molecule has 2 rings (SSSR count). The van der Waals surface area contributed by atoms with Crippen LogP contribution in [-0.2, 0) is 24.9 Å². The summed E-state index contributed by atoms with van der Waals surface area (Å²) in [5, 5.41) is 0. The van der Waals surface area contributed by atoms with E-state index in [2.05, 4.69) is 0 Å². The van der Waals surface area contributed by atoms with E-state index < -0.39 is 15.4 Å². The Morgan fingerprint density at radius 3 is 2.62 bits per heavy atom. The second-order valence-electron chi connectivity index (χ2n) is 5.47. The van der Waals surface area contributed by atoms with Crippen LogP contribution in [0.15, 0.2) is 29.2 Å². The lowest BCUT2D eigenvalue weighted by Crippen LogP contribution is -2.48. The van der Waals surface area contributed by atoms with Gasteiger partial charge in [-0.2, -0.15) is 0 Å². The minimum absolute atomic E-state index is 0.0433. The van der Waals surface area contributed by atoms with Crippen molar-refractivity contribution in [3.05, 3.63) is 29.8 Å². The van der Waals surface area contributed by atoms with Crippen LogP contribution in [0, 0.1) is 0 Å². The van der Waals surface area contributed by atoms with Gasteiger partial charge >= 0.3 is 5.97 Å². The van der Waals surface area contributed by atoms with Crippen LogP contribution in [0.1, 0.15) is 25.3 Å². The number of esters is 1. The van der Waals surface area contributed by atoms with Gasteiger partial charge in [-0.1, -0.05) is 18.2 Å². The fourth-order valence-electron chi connectivity index (χ4n) is 2.93. The molecule has 1 aliphatic heterocycles. The van der Waals surface area contributed by atoms with Gasteiger partial charge in [0, 0.05) is 0 Å². The lowest BCUT2D eigenvalue weighted by Gasteiger charge is -2.43. The first-order chi connectivity index (χ1) is 9.83. The largest absolute Gasteiger partial charge is 0.466 e. The van der Waals surface area contributed by atoms with Gasteiger partial charge < -0.3 is 4.74 Å². The van der Waals surface area contributed by atoms with E-state index in [1.54, 1.807) is 25.1 Å². The van der Waals surface area contributed by atoms with Gasteiger partial charge in [0.1, 0.15) is 0 Å². The number of fused-ring (bicyclic) bond motifs is 1. The molecule has 116 valence electrons. The molecule has 0 saturated heterocycles. The van der Waals surface area contributed by atoms with E-state index in [0.29, 0.717) is 23.5 Å². The van der Waals surface area contributed by atoms with Crippen LogP contribution >= 0.6 is 0 Å². The Morgan fingerprint density at radius 2 is 2.00 bits per heavy atom. The third-order valence-electron chi connectivity index (χ3n) is 4.11. The Bertz CT molecular complexity index is 639.